The summed E-state index contributed by atoms with van der Waals surface area (Å²) in [5, 5.41) is 3.05. The van der Waals surface area contributed by atoms with Crippen LogP contribution in [0.2, 0.25) is 0 Å². The average Bonchev–Trinajstić information content (AvgIpc) is 3.11. The first kappa shape index (κ1) is 14.9. The number of amides is 2. The third-order valence-electron chi connectivity index (χ3n) is 6.30. The van der Waals surface area contributed by atoms with Crippen LogP contribution in [0.1, 0.15) is 65.7 Å². The van der Waals surface area contributed by atoms with Crippen LogP contribution in [0.25, 0.3) is 0 Å². The van der Waals surface area contributed by atoms with Crippen LogP contribution >= 0.6 is 0 Å². The Kier molecular flexibility index (Phi) is 3.74. The maximum Gasteiger partial charge on any atom is 0.249 e. The molecule has 2 aliphatic carbocycles. The number of hydrogen-bond acceptors (Lipinski definition) is 2. The summed E-state index contributed by atoms with van der Waals surface area (Å²) in [6.45, 7) is 6.03. The molecule has 4 atom stereocenters. The van der Waals surface area contributed by atoms with Crippen molar-refractivity contribution in [2.45, 2.75) is 83.3 Å². The van der Waals surface area contributed by atoms with Gasteiger partial charge < -0.3 is 10.2 Å². The van der Waals surface area contributed by atoms with Gasteiger partial charge in [0.05, 0.1) is 0 Å². The van der Waals surface area contributed by atoms with Crippen molar-refractivity contribution in [2.75, 3.05) is 0 Å². The molecule has 0 spiro atoms. The first-order valence-electron chi connectivity index (χ1n) is 8.71. The van der Waals surface area contributed by atoms with Crippen LogP contribution in [0.4, 0.5) is 0 Å². The normalized spacial score (nSPS) is 38.0. The topological polar surface area (TPSA) is 49.4 Å². The molecule has 0 aromatic heterocycles. The fraction of sp³-hybridized carbons (Fsp3) is 0.882. The third kappa shape index (κ3) is 2.09. The average molecular weight is 292 g/mol. The van der Waals surface area contributed by atoms with Gasteiger partial charge in [-0.25, -0.2) is 0 Å². The van der Waals surface area contributed by atoms with E-state index in [-0.39, 0.29) is 17.9 Å². The van der Waals surface area contributed by atoms with Gasteiger partial charge in [-0.05, 0) is 50.4 Å². The SMILES string of the molecule is CCC1C(=O)NC(CC)(CC)C(=O)N1C1CC2CCC1C2. The lowest BCUT2D eigenvalue weighted by molar-refractivity contribution is -0.160. The molecule has 4 unspecified atom stereocenters. The van der Waals surface area contributed by atoms with E-state index in [1.54, 1.807) is 0 Å². The van der Waals surface area contributed by atoms with E-state index < -0.39 is 5.54 Å². The molecule has 0 aromatic carbocycles. The molecule has 1 N–H and O–H groups in total. The van der Waals surface area contributed by atoms with Crippen LogP contribution in [0.15, 0.2) is 0 Å². The van der Waals surface area contributed by atoms with Gasteiger partial charge in [0.2, 0.25) is 11.8 Å². The fourth-order valence-corrected chi connectivity index (χ4v) is 4.93. The maximum absolute atomic E-state index is 13.2. The highest BCUT2D eigenvalue weighted by atomic mass is 16.2. The molecule has 0 radical (unpaired) electrons. The molecule has 4 nitrogen and oxygen atoms in total. The van der Waals surface area contributed by atoms with E-state index >= 15 is 0 Å². The first-order chi connectivity index (χ1) is 10.1. The molecular weight excluding hydrogens is 264 g/mol. The molecule has 118 valence electrons. The van der Waals surface area contributed by atoms with Gasteiger partial charge in [-0.2, -0.15) is 0 Å². The van der Waals surface area contributed by atoms with Crippen molar-refractivity contribution in [1.29, 1.82) is 0 Å². The minimum atomic E-state index is -0.662. The molecule has 1 heterocycles. The molecule has 3 rings (SSSR count). The van der Waals surface area contributed by atoms with E-state index in [9.17, 15) is 9.59 Å². The van der Waals surface area contributed by atoms with Gasteiger partial charge >= 0.3 is 0 Å². The number of nitrogens with zero attached hydrogens (tertiary/aromatic N) is 1. The van der Waals surface area contributed by atoms with Crippen molar-refractivity contribution in [3.8, 4) is 0 Å². The van der Waals surface area contributed by atoms with E-state index in [1.807, 2.05) is 25.7 Å². The highest BCUT2D eigenvalue weighted by Crippen LogP contribution is 2.48. The Morgan fingerprint density at radius 3 is 2.33 bits per heavy atom. The van der Waals surface area contributed by atoms with E-state index in [0.717, 1.165) is 18.8 Å². The van der Waals surface area contributed by atoms with Gasteiger partial charge in [0.25, 0.3) is 0 Å². The van der Waals surface area contributed by atoms with Crippen molar-refractivity contribution < 1.29 is 9.59 Å². The highest BCUT2D eigenvalue weighted by Gasteiger charge is 2.54. The second kappa shape index (κ2) is 5.29. The van der Waals surface area contributed by atoms with Crippen LogP contribution in [0, 0.1) is 11.8 Å². The Labute approximate surface area is 127 Å². The number of nitrogens with one attached hydrogen (secondary N) is 1. The van der Waals surface area contributed by atoms with Crippen LogP contribution in [0.5, 0.6) is 0 Å². The number of carbonyl (C=O) groups is 2. The Morgan fingerprint density at radius 1 is 1.14 bits per heavy atom. The number of fused-ring (bicyclic) bond motifs is 2. The number of piperazine rings is 1. The monoisotopic (exact) mass is 292 g/mol. The molecule has 3 aliphatic rings. The van der Waals surface area contributed by atoms with Gasteiger partial charge in [0.1, 0.15) is 11.6 Å². The number of carbonyl (C=O) groups excluding carboxylic acids is 2. The lowest BCUT2D eigenvalue weighted by Crippen LogP contribution is -2.72. The molecule has 2 saturated carbocycles. The van der Waals surface area contributed by atoms with Gasteiger partial charge in [0, 0.05) is 6.04 Å². The molecule has 2 amide bonds. The largest absolute Gasteiger partial charge is 0.340 e. The summed E-state index contributed by atoms with van der Waals surface area (Å²) in [4.78, 5) is 27.8. The van der Waals surface area contributed by atoms with Crippen LogP contribution < -0.4 is 5.32 Å². The zero-order valence-electron chi connectivity index (χ0n) is 13.5. The van der Waals surface area contributed by atoms with E-state index in [2.05, 4.69) is 5.32 Å². The quantitative estimate of drug-likeness (QED) is 0.865. The van der Waals surface area contributed by atoms with Gasteiger partial charge in [-0.1, -0.05) is 27.2 Å². The van der Waals surface area contributed by atoms with Crippen molar-refractivity contribution in [3.63, 3.8) is 0 Å². The van der Waals surface area contributed by atoms with Crippen molar-refractivity contribution in [2.24, 2.45) is 11.8 Å². The first-order valence-corrected chi connectivity index (χ1v) is 8.71. The summed E-state index contributed by atoms with van der Waals surface area (Å²) in [5.41, 5.74) is -0.662. The van der Waals surface area contributed by atoms with E-state index in [0.29, 0.717) is 24.8 Å². The van der Waals surface area contributed by atoms with Crippen LogP contribution in [-0.4, -0.2) is 34.3 Å². The fourth-order valence-electron chi connectivity index (χ4n) is 4.93. The molecule has 1 saturated heterocycles. The summed E-state index contributed by atoms with van der Waals surface area (Å²) in [5.74, 6) is 1.65. The van der Waals surface area contributed by atoms with Crippen molar-refractivity contribution in [3.05, 3.63) is 0 Å². The van der Waals surface area contributed by atoms with Gasteiger partial charge in [0.15, 0.2) is 0 Å². The molecule has 2 bridgehead atoms. The summed E-state index contributed by atoms with van der Waals surface area (Å²) >= 11 is 0. The summed E-state index contributed by atoms with van der Waals surface area (Å²) in [6.07, 6.45) is 7.02. The maximum atomic E-state index is 13.2. The molecule has 4 heteroatoms. The second-order valence-electron chi connectivity index (χ2n) is 7.16. The highest BCUT2D eigenvalue weighted by molar-refractivity contribution is 6.00. The number of rotatable bonds is 4. The zero-order chi connectivity index (χ0) is 15.2. The van der Waals surface area contributed by atoms with Crippen LogP contribution in [-0.2, 0) is 9.59 Å². The molecule has 0 aromatic rings. The summed E-state index contributed by atoms with van der Waals surface area (Å²) < 4.78 is 0. The summed E-state index contributed by atoms with van der Waals surface area (Å²) in [6, 6.07) is 0.0535. The lowest BCUT2D eigenvalue weighted by atomic mass is 9.83. The van der Waals surface area contributed by atoms with Crippen LogP contribution in [0.3, 0.4) is 0 Å². The smallest absolute Gasteiger partial charge is 0.249 e. The lowest BCUT2D eigenvalue weighted by Gasteiger charge is -2.49. The van der Waals surface area contributed by atoms with Crippen molar-refractivity contribution in [1.82, 2.24) is 10.2 Å². The second-order valence-corrected chi connectivity index (χ2v) is 7.16. The minimum absolute atomic E-state index is 0.0589. The molecule has 3 fully saturated rings. The third-order valence-corrected chi connectivity index (χ3v) is 6.30. The van der Waals surface area contributed by atoms with Crippen molar-refractivity contribution >= 4 is 11.8 Å². The molecular formula is C17H28N2O2. The van der Waals surface area contributed by atoms with Gasteiger partial charge in [-0.15, -0.1) is 0 Å². The predicted octanol–water partition coefficient (Wildman–Crippen LogP) is 2.47. The molecule has 1 aliphatic heterocycles. The molecule has 21 heavy (non-hydrogen) atoms. The summed E-state index contributed by atoms with van der Waals surface area (Å²) in [7, 11) is 0. The Balaban J connectivity index is 1.93. The van der Waals surface area contributed by atoms with E-state index in [1.165, 1.54) is 19.3 Å². The standard InChI is InChI=1S/C17H28N2O2/c1-4-13-15(20)18-17(5-2,6-3)16(21)19(13)14-10-11-7-8-12(14)9-11/h11-14H,4-10H2,1-3H3,(H,18,20). The Hall–Kier alpha value is -1.06. The van der Waals surface area contributed by atoms with Gasteiger partial charge in [-0.3, -0.25) is 9.59 Å². The Morgan fingerprint density at radius 2 is 1.86 bits per heavy atom. The zero-order valence-corrected chi connectivity index (χ0v) is 13.5. The van der Waals surface area contributed by atoms with E-state index in [4.69, 9.17) is 0 Å². The predicted molar refractivity (Wildman–Crippen MR) is 81.6 cm³/mol. The Bertz CT molecular complexity index is 444. The number of hydrogen-bond donors (Lipinski definition) is 1. The minimum Gasteiger partial charge on any atom is -0.340 e.